The molecule has 0 amide bonds. The molecule has 2 heterocycles. The summed E-state index contributed by atoms with van der Waals surface area (Å²) in [4.78, 5) is 4.12. The van der Waals surface area contributed by atoms with Crippen LogP contribution in [0.1, 0.15) is 5.56 Å². The number of hydrogen-bond donors (Lipinski definition) is 0. The summed E-state index contributed by atoms with van der Waals surface area (Å²) in [5.74, 6) is 1.48. The van der Waals surface area contributed by atoms with Gasteiger partial charge in [-0.1, -0.05) is 12.1 Å². The zero-order valence-corrected chi connectivity index (χ0v) is 6.81. The number of fused-ring (bicyclic) bond motifs is 4. The number of rotatable bonds is 0. The Kier molecular flexibility index (Phi) is 1.22. The Labute approximate surface area is 75.3 Å². The van der Waals surface area contributed by atoms with E-state index in [0.717, 1.165) is 11.3 Å². The van der Waals surface area contributed by atoms with Crippen molar-refractivity contribution in [3.8, 4) is 5.75 Å². The summed E-state index contributed by atoms with van der Waals surface area (Å²) in [6.45, 7) is 0. The zero-order valence-electron chi connectivity index (χ0n) is 6.81. The van der Waals surface area contributed by atoms with E-state index in [-0.39, 0.29) is 6.29 Å². The van der Waals surface area contributed by atoms with Gasteiger partial charge in [0.05, 0.1) is 5.56 Å². The fourth-order valence-corrected chi connectivity index (χ4v) is 1.43. The number of nitrogens with zero attached hydrogens (tertiary/aromatic N) is 1. The van der Waals surface area contributed by atoms with Crippen molar-refractivity contribution < 1.29 is 9.47 Å². The van der Waals surface area contributed by atoms with Crippen LogP contribution in [0.4, 0.5) is 0 Å². The summed E-state index contributed by atoms with van der Waals surface area (Å²) in [5.41, 5.74) is 0.920. The average molecular weight is 173 g/mol. The van der Waals surface area contributed by atoms with E-state index in [9.17, 15) is 0 Å². The van der Waals surface area contributed by atoms with Crippen LogP contribution >= 0.6 is 0 Å². The van der Waals surface area contributed by atoms with E-state index in [0.29, 0.717) is 5.90 Å². The molecule has 0 saturated carbocycles. The molecule has 0 aliphatic carbocycles. The van der Waals surface area contributed by atoms with Gasteiger partial charge >= 0.3 is 0 Å². The second kappa shape index (κ2) is 2.36. The highest BCUT2D eigenvalue weighted by Gasteiger charge is 2.25. The maximum absolute atomic E-state index is 5.51. The van der Waals surface area contributed by atoms with Gasteiger partial charge in [-0.15, -0.1) is 0 Å². The van der Waals surface area contributed by atoms with Crippen molar-refractivity contribution in [3.05, 3.63) is 42.1 Å². The first-order valence-corrected chi connectivity index (χ1v) is 4.11. The van der Waals surface area contributed by atoms with Gasteiger partial charge in [-0.3, -0.25) is 0 Å². The van der Waals surface area contributed by atoms with Gasteiger partial charge in [-0.05, 0) is 12.1 Å². The number of hydrogen-bond acceptors (Lipinski definition) is 3. The summed E-state index contributed by atoms with van der Waals surface area (Å²) >= 11 is 0. The van der Waals surface area contributed by atoms with Crippen LogP contribution < -0.4 is 4.74 Å². The minimum Gasteiger partial charge on any atom is -0.450 e. The molecule has 2 aliphatic heterocycles. The van der Waals surface area contributed by atoms with E-state index < -0.39 is 0 Å². The van der Waals surface area contributed by atoms with Crippen molar-refractivity contribution in [2.75, 3.05) is 0 Å². The molecule has 0 N–H and O–H groups in total. The Morgan fingerprint density at radius 2 is 2.08 bits per heavy atom. The average Bonchev–Trinajstić information content (AvgIpc) is 2.18. The minimum atomic E-state index is -0.303. The molecular formula is C10H7NO2. The maximum atomic E-state index is 5.51. The quantitative estimate of drug-likeness (QED) is 0.597. The zero-order chi connectivity index (χ0) is 8.67. The molecule has 0 radical (unpaired) electrons. The summed E-state index contributed by atoms with van der Waals surface area (Å²) in [6.07, 6.45) is 3.18. The molecule has 1 aromatic carbocycles. The van der Waals surface area contributed by atoms with Crippen LogP contribution in [0.5, 0.6) is 5.75 Å². The molecule has 3 rings (SSSR count). The highest BCUT2D eigenvalue weighted by molar-refractivity contribution is 5.98. The van der Waals surface area contributed by atoms with Crippen molar-refractivity contribution in [2.45, 2.75) is 6.29 Å². The van der Waals surface area contributed by atoms with Crippen LogP contribution in [0.3, 0.4) is 0 Å². The molecule has 0 aromatic heterocycles. The minimum absolute atomic E-state index is 0.303. The van der Waals surface area contributed by atoms with Crippen molar-refractivity contribution in [2.24, 2.45) is 4.99 Å². The molecule has 0 saturated heterocycles. The molecule has 0 fully saturated rings. The smallest absolute Gasteiger partial charge is 0.264 e. The molecule has 3 nitrogen and oxygen atoms in total. The summed E-state index contributed by atoms with van der Waals surface area (Å²) in [5, 5.41) is 0. The molecule has 1 unspecified atom stereocenters. The summed E-state index contributed by atoms with van der Waals surface area (Å²) in [6, 6.07) is 7.72. The molecule has 13 heavy (non-hydrogen) atoms. The topological polar surface area (TPSA) is 30.8 Å². The highest BCUT2D eigenvalue weighted by Crippen LogP contribution is 2.28. The van der Waals surface area contributed by atoms with Crippen molar-refractivity contribution in [1.29, 1.82) is 0 Å². The molecular weight excluding hydrogens is 166 g/mol. The van der Waals surface area contributed by atoms with Gasteiger partial charge in [0, 0.05) is 12.3 Å². The lowest BCUT2D eigenvalue weighted by atomic mass is 10.2. The fraction of sp³-hybridized carbons (Fsp3) is 0.100. The van der Waals surface area contributed by atoms with Crippen LogP contribution in [-0.4, -0.2) is 12.2 Å². The Morgan fingerprint density at radius 1 is 1.15 bits per heavy atom. The van der Waals surface area contributed by atoms with Crippen LogP contribution in [0.2, 0.25) is 0 Å². The first-order valence-electron chi connectivity index (χ1n) is 4.11. The van der Waals surface area contributed by atoms with Gasteiger partial charge in [0.25, 0.3) is 6.29 Å². The number of ether oxygens (including phenoxy) is 2. The van der Waals surface area contributed by atoms with Gasteiger partial charge in [-0.25, -0.2) is 4.99 Å². The number of para-hydroxylation sites is 1. The third-order valence-electron chi connectivity index (χ3n) is 2.02. The van der Waals surface area contributed by atoms with Crippen molar-refractivity contribution >= 4 is 5.90 Å². The summed E-state index contributed by atoms with van der Waals surface area (Å²) < 4.78 is 10.9. The fourth-order valence-electron chi connectivity index (χ4n) is 1.43. The first-order chi connectivity index (χ1) is 6.43. The van der Waals surface area contributed by atoms with Crippen LogP contribution in [0, 0.1) is 0 Å². The van der Waals surface area contributed by atoms with E-state index in [1.165, 1.54) is 0 Å². The third-order valence-corrected chi connectivity index (χ3v) is 2.02. The first kappa shape index (κ1) is 6.71. The maximum Gasteiger partial charge on any atom is 0.264 e. The molecule has 1 aromatic rings. The van der Waals surface area contributed by atoms with Crippen LogP contribution in [0.25, 0.3) is 0 Å². The largest absolute Gasteiger partial charge is 0.450 e. The van der Waals surface area contributed by atoms with E-state index >= 15 is 0 Å². The molecule has 2 aliphatic rings. The second-order valence-electron chi connectivity index (χ2n) is 2.88. The van der Waals surface area contributed by atoms with E-state index in [2.05, 4.69) is 4.99 Å². The predicted molar refractivity (Wildman–Crippen MR) is 47.6 cm³/mol. The van der Waals surface area contributed by atoms with Gasteiger partial charge < -0.3 is 9.47 Å². The van der Waals surface area contributed by atoms with E-state index in [4.69, 9.17) is 9.47 Å². The van der Waals surface area contributed by atoms with Gasteiger partial charge in [0.2, 0.25) is 5.90 Å². The molecule has 3 heteroatoms. The van der Waals surface area contributed by atoms with Crippen molar-refractivity contribution in [3.63, 3.8) is 0 Å². The Morgan fingerprint density at radius 3 is 3.08 bits per heavy atom. The normalized spacial score (nSPS) is 22.5. The molecule has 64 valence electrons. The standard InChI is InChI=1S/C10H7NO2/c1-2-4-8-7(3-1)10-11-6-5-9(12-8)13-10/h1-6,9H. The monoisotopic (exact) mass is 173 g/mol. The second-order valence-corrected chi connectivity index (χ2v) is 2.88. The SMILES string of the molecule is C1=CC2OC(=N1)c1ccccc1O2. The van der Waals surface area contributed by atoms with Gasteiger partial charge in [0.1, 0.15) is 5.75 Å². The lowest BCUT2D eigenvalue weighted by Crippen LogP contribution is -2.30. The highest BCUT2D eigenvalue weighted by atomic mass is 16.7. The summed E-state index contributed by atoms with van der Waals surface area (Å²) in [7, 11) is 0. The third kappa shape index (κ3) is 0.935. The van der Waals surface area contributed by atoms with Crippen molar-refractivity contribution in [1.82, 2.24) is 0 Å². The molecule has 0 spiro atoms. The Bertz CT molecular complexity index is 409. The lowest BCUT2D eigenvalue weighted by Gasteiger charge is -2.27. The van der Waals surface area contributed by atoms with Gasteiger partial charge in [0.15, 0.2) is 0 Å². The molecule has 2 bridgehead atoms. The van der Waals surface area contributed by atoms with Crippen LogP contribution in [-0.2, 0) is 4.74 Å². The number of benzene rings is 1. The predicted octanol–water partition coefficient (Wildman–Crippen LogP) is 1.70. The molecule has 1 atom stereocenters. The van der Waals surface area contributed by atoms with E-state index in [1.807, 2.05) is 24.3 Å². The Balaban J connectivity index is 2.21. The van der Waals surface area contributed by atoms with Gasteiger partial charge in [-0.2, -0.15) is 0 Å². The Hall–Kier alpha value is -1.77. The lowest BCUT2D eigenvalue weighted by molar-refractivity contribution is 0.0231. The van der Waals surface area contributed by atoms with E-state index in [1.54, 1.807) is 12.3 Å². The van der Waals surface area contributed by atoms with Crippen LogP contribution in [0.15, 0.2) is 41.5 Å². The number of aliphatic imine (C=N–C) groups is 1.